The van der Waals surface area contributed by atoms with Crippen molar-refractivity contribution < 1.29 is 24.2 Å². The molecule has 2 aromatic rings. The van der Waals surface area contributed by atoms with Gasteiger partial charge in [0.1, 0.15) is 12.6 Å². The van der Waals surface area contributed by atoms with Crippen molar-refractivity contribution in [1.29, 1.82) is 0 Å². The lowest BCUT2D eigenvalue weighted by Gasteiger charge is -2.33. The van der Waals surface area contributed by atoms with Crippen molar-refractivity contribution in [2.45, 2.75) is 71.0 Å². The molecule has 2 N–H and O–H groups in total. The van der Waals surface area contributed by atoms with Gasteiger partial charge in [0, 0.05) is 6.04 Å². The SMILES string of the molecule is CCOC(=O)C(CCc1ccccc1)N[C@@H](CC(C)C)C(=O)N(CC(=O)O)C1Cc2ccccc2C1.Cl. The van der Waals surface area contributed by atoms with Crippen molar-refractivity contribution >= 4 is 30.3 Å². The highest BCUT2D eigenvalue weighted by Gasteiger charge is 2.36. The molecule has 0 heterocycles. The molecule has 3 rings (SSSR count). The molecule has 0 spiro atoms. The molecule has 0 radical (unpaired) electrons. The molecule has 202 valence electrons. The molecule has 0 aliphatic heterocycles. The van der Waals surface area contributed by atoms with Crippen molar-refractivity contribution in [2.75, 3.05) is 13.2 Å². The van der Waals surface area contributed by atoms with Crippen molar-refractivity contribution in [3.8, 4) is 0 Å². The van der Waals surface area contributed by atoms with E-state index in [0.29, 0.717) is 32.1 Å². The first kappa shape index (κ1) is 30.3. The maximum Gasteiger partial charge on any atom is 0.323 e. The summed E-state index contributed by atoms with van der Waals surface area (Å²) < 4.78 is 5.32. The van der Waals surface area contributed by atoms with Crippen LogP contribution in [0.2, 0.25) is 0 Å². The van der Waals surface area contributed by atoms with Crippen LogP contribution in [0.1, 0.15) is 50.3 Å². The summed E-state index contributed by atoms with van der Waals surface area (Å²) in [5.41, 5.74) is 3.38. The molecule has 0 bridgehead atoms. The molecule has 1 aliphatic rings. The fraction of sp³-hybridized carbons (Fsp3) is 0.483. The normalized spacial score (nSPS) is 14.4. The predicted octanol–water partition coefficient (Wildman–Crippen LogP) is 4.06. The molecule has 8 heteroatoms. The Morgan fingerprint density at radius 3 is 2.14 bits per heavy atom. The molecular formula is C29H39ClN2O5. The van der Waals surface area contributed by atoms with Gasteiger partial charge in [0.15, 0.2) is 0 Å². The van der Waals surface area contributed by atoms with Gasteiger partial charge in [-0.1, -0.05) is 68.4 Å². The highest BCUT2D eigenvalue weighted by molar-refractivity contribution is 5.87. The molecule has 0 saturated heterocycles. The lowest BCUT2D eigenvalue weighted by Crippen LogP contribution is -2.56. The minimum atomic E-state index is -1.05. The first-order chi connectivity index (χ1) is 17.3. The molecule has 1 amide bonds. The van der Waals surface area contributed by atoms with Gasteiger partial charge in [0.05, 0.1) is 12.6 Å². The number of hydrogen-bond acceptors (Lipinski definition) is 5. The number of nitrogens with zero attached hydrogens (tertiary/aromatic N) is 1. The number of aliphatic carboxylic acids is 1. The third-order valence-corrected chi connectivity index (χ3v) is 6.60. The highest BCUT2D eigenvalue weighted by Crippen LogP contribution is 2.26. The van der Waals surface area contributed by atoms with Crippen LogP contribution in [0.5, 0.6) is 0 Å². The maximum atomic E-state index is 13.9. The van der Waals surface area contributed by atoms with Crippen LogP contribution in [0.4, 0.5) is 0 Å². The number of aryl methyl sites for hydroxylation is 1. The van der Waals surface area contributed by atoms with Gasteiger partial charge in [0.2, 0.25) is 5.91 Å². The van der Waals surface area contributed by atoms with Crippen LogP contribution >= 0.6 is 12.4 Å². The Labute approximate surface area is 226 Å². The molecule has 0 fully saturated rings. The van der Waals surface area contributed by atoms with Crippen LogP contribution in [-0.2, 0) is 38.4 Å². The van der Waals surface area contributed by atoms with Crippen LogP contribution in [0.15, 0.2) is 54.6 Å². The topological polar surface area (TPSA) is 95.9 Å². The summed E-state index contributed by atoms with van der Waals surface area (Å²) in [7, 11) is 0. The van der Waals surface area contributed by atoms with Gasteiger partial charge in [-0.15, -0.1) is 12.4 Å². The molecule has 7 nitrogen and oxygen atoms in total. The average Bonchev–Trinajstić information content (AvgIpc) is 3.28. The Morgan fingerprint density at radius 2 is 1.59 bits per heavy atom. The fourth-order valence-electron chi connectivity index (χ4n) is 4.91. The zero-order valence-corrected chi connectivity index (χ0v) is 22.7. The van der Waals surface area contributed by atoms with Gasteiger partial charge in [-0.05, 0) is 61.6 Å². The van der Waals surface area contributed by atoms with E-state index in [4.69, 9.17) is 4.74 Å². The third kappa shape index (κ3) is 8.86. The predicted molar refractivity (Wildman–Crippen MR) is 146 cm³/mol. The first-order valence-electron chi connectivity index (χ1n) is 12.8. The molecular weight excluding hydrogens is 492 g/mol. The van der Waals surface area contributed by atoms with Gasteiger partial charge in [0.25, 0.3) is 0 Å². The van der Waals surface area contributed by atoms with E-state index in [-0.39, 0.29) is 43.4 Å². The van der Waals surface area contributed by atoms with Gasteiger partial charge in [-0.25, -0.2) is 0 Å². The average molecular weight is 531 g/mol. The number of carboxylic acid groups (broad SMARTS) is 1. The van der Waals surface area contributed by atoms with E-state index < -0.39 is 24.0 Å². The number of carbonyl (C=O) groups excluding carboxylic acids is 2. The van der Waals surface area contributed by atoms with Crippen molar-refractivity contribution in [2.24, 2.45) is 5.92 Å². The summed E-state index contributed by atoms with van der Waals surface area (Å²) in [6.45, 7) is 5.66. The summed E-state index contributed by atoms with van der Waals surface area (Å²) in [5, 5.41) is 12.9. The Hall–Kier alpha value is -2.90. The zero-order valence-electron chi connectivity index (χ0n) is 21.9. The Morgan fingerprint density at radius 1 is 1.00 bits per heavy atom. The third-order valence-electron chi connectivity index (χ3n) is 6.60. The number of amides is 1. The molecule has 1 aliphatic carbocycles. The second-order valence-corrected chi connectivity index (χ2v) is 9.87. The smallest absolute Gasteiger partial charge is 0.323 e. The summed E-state index contributed by atoms with van der Waals surface area (Å²) in [4.78, 5) is 40.0. The molecule has 0 saturated carbocycles. The fourth-order valence-corrected chi connectivity index (χ4v) is 4.91. The van der Waals surface area contributed by atoms with E-state index in [1.165, 1.54) is 4.90 Å². The van der Waals surface area contributed by atoms with E-state index >= 15 is 0 Å². The van der Waals surface area contributed by atoms with Crippen LogP contribution in [0, 0.1) is 5.92 Å². The maximum absolute atomic E-state index is 13.9. The van der Waals surface area contributed by atoms with Crippen molar-refractivity contribution in [3.63, 3.8) is 0 Å². The molecule has 2 aromatic carbocycles. The summed E-state index contributed by atoms with van der Waals surface area (Å²) in [6, 6.07) is 16.3. The van der Waals surface area contributed by atoms with Gasteiger partial charge < -0.3 is 14.7 Å². The largest absolute Gasteiger partial charge is 0.480 e. The number of fused-ring (bicyclic) bond motifs is 1. The number of carbonyl (C=O) groups is 3. The number of benzene rings is 2. The van der Waals surface area contributed by atoms with Gasteiger partial charge >= 0.3 is 11.9 Å². The number of hydrogen-bond donors (Lipinski definition) is 2. The van der Waals surface area contributed by atoms with Crippen molar-refractivity contribution in [1.82, 2.24) is 10.2 Å². The minimum absolute atomic E-state index is 0. The number of ether oxygens (including phenoxy) is 1. The Bertz CT molecular complexity index is 1000. The number of carboxylic acids is 1. The van der Waals surface area contributed by atoms with Gasteiger partial charge in [-0.2, -0.15) is 0 Å². The number of esters is 1. The lowest BCUT2D eigenvalue weighted by molar-refractivity contribution is -0.149. The first-order valence-corrected chi connectivity index (χ1v) is 12.8. The second-order valence-electron chi connectivity index (χ2n) is 9.87. The number of nitrogens with one attached hydrogen (secondary N) is 1. The number of halogens is 1. The molecule has 2 atom stereocenters. The van der Waals surface area contributed by atoms with E-state index in [1.807, 2.05) is 68.4 Å². The minimum Gasteiger partial charge on any atom is -0.480 e. The second kappa shape index (κ2) is 14.7. The van der Waals surface area contributed by atoms with Crippen LogP contribution in [0.25, 0.3) is 0 Å². The van der Waals surface area contributed by atoms with Crippen LogP contribution in [-0.4, -0.2) is 59.1 Å². The summed E-state index contributed by atoms with van der Waals surface area (Å²) in [5.74, 6) is -1.56. The molecule has 37 heavy (non-hydrogen) atoms. The van der Waals surface area contributed by atoms with E-state index in [2.05, 4.69) is 5.32 Å². The highest BCUT2D eigenvalue weighted by atomic mass is 35.5. The standard InChI is InChI=1S/C29H38N2O5.ClH/c1-4-36-29(35)25(15-14-21-10-6-5-7-11-21)30-26(16-20(2)3)28(34)31(19-27(32)33)24-17-22-12-8-9-13-23(22)18-24;/h5-13,20,24-26,30H,4,14-19H2,1-3H3,(H,32,33);1H/t25?,26-;/m0./s1. The summed E-state index contributed by atoms with van der Waals surface area (Å²) >= 11 is 0. The molecule has 0 aromatic heterocycles. The van der Waals surface area contributed by atoms with Crippen LogP contribution < -0.4 is 5.32 Å². The quantitative estimate of drug-likeness (QED) is 0.379. The monoisotopic (exact) mass is 530 g/mol. The lowest BCUT2D eigenvalue weighted by atomic mass is 9.98. The number of rotatable bonds is 13. The zero-order chi connectivity index (χ0) is 26.1. The molecule has 1 unspecified atom stereocenters. The Balaban J connectivity index is 0.00000481. The van der Waals surface area contributed by atoms with E-state index in [0.717, 1.165) is 16.7 Å². The Kier molecular flexibility index (Phi) is 12.1. The van der Waals surface area contributed by atoms with Crippen LogP contribution in [0.3, 0.4) is 0 Å². The van der Waals surface area contributed by atoms with E-state index in [1.54, 1.807) is 6.92 Å². The van der Waals surface area contributed by atoms with Crippen molar-refractivity contribution in [3.05, 3.63) is 71.3 Å². The van der Waals surface area contributed by atoms with E-state index in [9.17, 15) is 19.5 Å². The van der Waals surface area contributed by atoms with Gasteiger partial charge in [-0.3, -0.25) is 19.7 Å². The summed E-state index contributed by atoms with van der Waals surface area (Å²) in [6.07, 6.45) is 2.85.